The molecular formula is C15H25NO3. The lowest BCUT2D eigenvalue weighted by atomic mass is 9.82. The first-order valence-corrected chi connectivity index (χ1v) is 6.76. The van der Waals surface area contributed by atoms with Crippen LogP contribution < -0.4 is 15.2 Å². The Morgan fingerprint density at radius 2 is 1.84 bits per heavy atom. The summed E-state index contributed by atoms with van der Waals surface area (Å²) in [4.78, 5) is 0. The maximum Gasteiger partial charge on any atom is 0.161 e. The fraction of sp³-hybridized carbons (Fsp3) is 0.600. The van der Waals surface area contributed by atoms with E-state index in [1.54, 1.807) is 6.92 Å². The molecule has 2 unspecified atom stereocenters. The van der Waals surface area contributed by atoms with E-state index in [2.05, 4.69) is 0 Å². The van der Waals surface area contributed by atoms with E-state index in [0.29, 0.717) is 26.2 Å². The van der Waals surface area contributed by atoms with Crippen molar-refractivity contribution in [1.29, 1.82) is 0 Å². The first-order valence-electron chi connectivity index (χ1n) is 6.76. The fourth-order valence-electron chi connectivity index (χ4n) is 1.72. The zero-order valence-corrected chi connectivity index (χ0v) is 12.1. The molecule has 0 aliphatic carbocycles. The normalized spacial score (nSPS) is 15.6. The van der Waals surface area contributed by atoms with Gasteiger partial charge in [0.25, 0.3) is 0 Å². The Labute approximate surface area is 115 Å². The van der Waals surface area contributed by atoms with Crippen LogP contribution in [0.5, 0.6) is 11.5 Å². The van der Waals surface area contributed by atoms with Crippen molar-refractivity contribution in [1.82, 2.24) is 0 Å². The number of aliphatic hydroxyl groups is 1. The molecule has 0 saturated heterocycles. The van der Waals surface area contributed by atoms with Crippen LogP contribution in [0.3, 0.4) is 0 Å². The van der Waals surface area contributed by atoms with Crippen LogP contribution in [0.15, 0.2) is 24.3 Å². The summed E-state index contributed by atoms with van der Waals surface area (Å²) in [6.07, 6.45) is 0.241. The highest BCUT2D eigenvalue weighted by molar-refractivity contribution is 5.39. The third kappa shape index (κ3) is 4.40. The van der Waals surface area contributed by atoms with Gasteiger partial charge in [0.05, 0.1) is 19.3 Å². The van der Waals surface area contributed by atoms with Crippen molar-refractivity contribution < 1.29 is 14.6 Å². The van der Waals surface area contributed by atoms with Crippen molar-refractivity contribution in [3.05, 3.63) is 24.3 Å². The van der Waals surface area contributed by atoms with Crippen molar-refractivity contribution in [2.45, 2.75) is 33.3 Å². The number of hydrogen-bond acceptors (Lipinski definition) is 4. The minimum Gasteiger partial charge on any atom is -0.490 e. The van der Waals surface area contributed by atoms with Crippen LogP contribution in [0, 0.1) is 5.41 Å². The Hall–Kier alpha value is -1.26. The quantitative estimate of drug-likeness (QED) is 0.758. The van der Waals surface area contributed by atoms with Crippen molar-refractivity contribution in [3.8, 4) is 11.5 Å². The number of nitrogens with two attached hydrogens (primary N) is 1. The van der Waals surface area contributed by atoms with E-state index in [9.17, 15) is 5.11 Å². The number of benzene rings is 1. The van der Waals surface area contributed by atoms with Gasteiger partial charge in [-0.3, -0.25) is 0 Å². The first-order chi connectivity index (χ1) is 9.03. The zero-order valence-electron chi connectivity index (χ0n) is 12.1. The number of rotatable bonds is 8. The Morgan fingerprint density at radius 1 is 1.26 bits per heavy atom. The molecule has 0 aliphatic heterocycles. The smallest absolute Gasteiger partial charge is 0.161 e. The summed E-state index contributed by atoms with van der Waals surface area (Å²) < 4.78 is 11.2. The van der Waals surface area contributed by atoms with E-state index in [-0.39, 0.29) is 5.41 Å². The molecular weight excluding hydrogens is 242 g/mol. The van der Waals surface area contributed by atoms with Gasteiger partial charge >= 0.3 is 0 Å². The number of para-hydroxylation sites is 2. The number of aliphatic hydroxyl groups excluding tert-OH is 1. The minimum absolute atomic E-state index is 0.319. The second-order valence-corrected chi connectivity index (χ2v) is 5.01. The van der Waals surface area contributed by atoms with Crippen LogP contribution in [-0.4, -0.2) is 31.0 Å². The molecule has 0 amide bonds. The van der Waals surface area contributed by atoms with Crippen molar-refractivity contribution in [3.63, 3.8) is 0 Å². The third-order valence-electron chi connectivity index (χ3n) is 3.55. The van der Waals surface area contributed by atoms with E-state index in [1.807, 2.05) is 38.1 Å². The second kappa shape index (κ2) is 7.36. The standard InChI is InChI=1S/C15H25NO3/c1-4-18-13-7-5-6-8-14(13)19-10-9-15(3,11-16)12(2)17/h5-8,12,17H,4,9-11,16H2,1-3H3. The van der Waals surface area contributed by atoms with E-state index in [0.717, 1.165) is 11.5 Å². The van der Waals surface area contributed by atoms with Gasteiger partial charge in [0, 0.05) is 12.0 Å². The molecule has 1 rings (SSSR count). The van der Waals surface area contributed by atoms with Gasteiger partial charge in [-0.25, -0.2) is 0 Å². The minimum atomic E-state index is -0.455. The van der Waals surface area contributed by atoms with E-state index in [1.165, 1.54) is 0 Å². The largest absolute Gasteiger partial charge is 0.490 e. The molecule has 0 bridgehead atoms. The molecule has 2 atom stereocenters. The van der Waals surface area contributed by atoms with Crippen LogP contribution in [0.1, 0.15) is 27.2 Å². The lowest BCUT2D eigenvalue weighted by Gasteiger charge is -2.31. The van der Waals surface area contributed by atoms with Crippen LogP contribution in [0.25, 0.3) is 0 Å². The molecule has 0 radical (unpaired) electrons. The monoisotopic (exact) mass is 267 g/mol. The molecule has 1 aromatic carbocycles. The van der Waals surface area contributed by atoms with E-state index >= 15 is 0 Å². The Balaban J connectivity index is 2.58. The highest BCUT2D eigenvalue weighted by Crippen LogP contribution is 2.29. The molecule has 0 heterocycles. The summed E-state index contributed by atoms with van der Waals surface area (Å²) in [7, 11) is 0. The third-order valence-corrected chi connectivity index (χ3v) is 3.55. The SMILES string of the molecule is CCOc1ccccc1OCCC(C)(CN)C(C)O. The lowest BCUT2D eigenvalue weighted by molar-refractivity contribution is 0.0410. The van der Waals surface area contributed by atoms with Crippen LogP contribution >= 0.6 is 0 Å². The second-order valence-electron chi connectivity index (χ2n) is 5.01. The van der Waals surface area contributed by atoms with Gasteiger partial charge in [0.2, 0.25) is 0 Å². The zero-order chi connectivity index (χ0) is 14.3. The highest BCUT2D eigenvalue weighted by Gasteiger charge is 2.28. The molecule has 0 saturated carbocycles. The van der Waals surface area contributed by atoms with Gasteiger partial charge in [-0.1, -0.05) is 19.1 Å². The molecule has 4 nitrogen and oxygen atoms in total. The van der Waals surface area contributed by atoms with E-state index in [4.69, 9.17) is 15.2 Å². The molecule has 0 aliphatic rings. The van der Waals surface area contributed by atoms with Crippen molar-refractivity contribution >= 4 is 0 Å². The molecule has 3 N–H and O–H groups in total. The molecule has 0 fully saturated rings. The predicted molar refractivity (Wildman–Crippen MR) is 76.6 cm³/mol. The molecule has 4 heteroatoms. The molecule has 19 heavy (non-hydrogen) atoms. The Bertz CT molecular complexity index is 381. The summed E-state index contributed by atoms with van der Waals surface area (Å²) in [6, 6.07) is 7.59. The average Bonchev–Trinajstić information content (AvgIpc) is 2.40. The summed E-state index contributed by atoms with van der Waals surface area (Å²) in [5, 5.41) is 9.75. The number of hydrogen-bond donors (Lipinski definition) is 2. The molecule has 1 aromatic rings. The van der Waals surface area contributed by atoms with Crippen LogP contribution in [-0.2, 0) is 0 Å². The predicted octanol–water partition coefficient (Wildman–Crippen LogP) is 2.20. The van der Waals surface area contributed by atoms with Crippen LogP contribution in [0.4, 0.5) is 0 Å². The van der Waals surface area contributed by atoms with Gasteiger partial charge in [0.15, 0.2) is 11.5 Å². The maximum absolute atomic E-state index is 9.75. The van der Waals surface area contributed by atoms with Gasteiger partial charge in [-0.2, -0.15) is 0 Å². The number of ether oxygens (including phenoxy) is 2. The molecule has 0 aromatic heterocycles. The van der Waals surface area contributed by atoms with E-state index < -0.39 is 6.10 Å². The summed E-state index contributed by atoms with van der Waals surface area (Å²) in [5.41, 5.74) is 5.41. The highest BCUT2D eigenvalue weighted by atomic mass is 16.5. The first kappa shape index (κ1) is 15.8. The Morgan fingerprint density at radius 3 is 2.32 bits per heavy atom. The summed E-state index contributed by atoms with van der Waals surface area (Å²) in [6.45, 7) is 7.21. The van der Waals surface area contributed by atoms with Crippen LogP contribution in [0.2, 0.25) is 0 Å². The van der Waals surface area contributed by atoms with Gasteiger partial charge in [-0.05, 0) is 32.4 Å². The fourth-order valence-corrected chi connectivity index (χ4v) is 1.72. The lowest BCUT2D eigenvalue weighted by Crippen LogP contribution is -2.38. The van der Waals surface area contributed by atoms with Gasteiger partial charge < -0.3 is 20.3 Å². The van der Waals surface area contributed by atoms with Gasteiger partial charge in [0.1, 0.15) is 0 Å². The topological polar surface area (TPSA) is 64.7 Å². The summed E-state index contributed by atoms with van der Waals surface area (Å²) >= 11 is 0. The molecule has 0 spiro atoms. The average molecular weight is 267 g/mol. The van der Waals surface area contributed by atoms with Crippen molar-refractivity contribution in [2.75, 3.05) is 19.8 Å². The molecule has 108 valence electrons. The maximum atomic E-state index is 9.75. The summed E-state index contributed by atoms with van der Waals surface area (Å²) in [5.74, 6) is 1.48. The Kier molecular flexibility index (Phi) is 6.12. The van der Waals surface area contributed by atoms with Gasteiger partial charge in [-0.15, -0.1) is 0 Å². The van der Waals surface area contributed by atoms with Crippen molar-refractivity contribution in [2.24, 2.45) is 11.1 Å².